The molecule has 0 unspecified atom stereocenters. The fourth-order valence-electron chi connectivity index (χ4n) is 1.26. The van der Waals surface area contributed by atoms with Crippen molar-refractivity contribution in [1.29, 1.82) is 0 Å². The minimum Gasteiger partial charge on any atom is -0.341 e. The van der Waals surface area contributed by atoms with Crippen LogP contribution in [0.2, 0.25) is 0 Å². The van der Waals surface area contributed by atoms with Crippen molar-refractivity contribution < 1.29 is 4.79 Å². The number of hydrogen-bond donors (Lipinski definition) is 1. The third-order valence-corrected chi connectivity index (χ3v) is 1.93. The fourth-order valence-corrected chi connectivity index (χ4v) is 1.46. The summed E-state index contributed by atoms with van der Waals surface area (Å²) in [7, 11) is 0. The summed E-state index contributed by atoms with van der Waals surface area (Å²) in [5.41, 5.74) is 0. The maximum Gasteiger partial charge on any atom is 0.232 e. The Bertz CT molecular complexity index is 147. The average Bonchev–Trinajstić information content (AvgIpc) is 2.00. The van der Waals surface area contributed by atoms with Crippen molar-refractivity contribution in [2.45, 2.75) is 27.7 Å². The molecule has 2 nitrogen and oxygen atoms in total. The molecular weight excluding hydrogens is 182 g/mol. The lowest BCUT2D eigenvalue weighted by molar-refractivity contribution is -0.129. The van der Waals surface area contributed by atoms with Gasteiger partial charge in [-0.2, -0.15) is 12.6 Å². The first-order chi connectivity index (χ1) is 5.97. The smallest absolute Gasteiger partial charge is 0.232 e. The quantitative estimate of drug-likeness (QED) is 0.678. The molecule has 0 atom stereocenters. The van der Waals surface area contributed by atoms with E-state index in [0.29, 0.717) is 17.6 Å². The van der Waals surface area contributed by atoms with Gasteiger partial charge < -0.3 is 4.90 Å². The number of nitrogens with zero attached hydrogens (tertiary/aromatic N) is 1. The van der Waals surface area contributed by atoms with Crippen LogP contribution in [0.15, 0.2) is 0 Å². The summed E-state index contributed by atoms with van der Waals surface area (Å²) in [5.74, 6) is 1.52. The molecule has 0 aliphatic carbocycles. The summed E-state index contributed by atoms with van der Waals surface area (Å²) in [6.07, 6.45) is 0. The van der Waals surface area contributed by atoms with Crippen LogP contribution in [0.25, 0.3) is 0 Å². The van der Waals surface area contributed by atoms with E-state index in [4.69, 9.17) is 0 Å². The molecule has 1 amide bonds. The van der Waals surface area contributed by atoms with Crippen molar-refractivity contribution in [2.75, 3.05) is 18.8 Å². The lowest BCUT2D eigenvalue weighted by Crippen LogP contribution is -2.37. The van der Waals surface area contributed by atoms with Crippen molar-refractivity contribution >= 4 is 18.5 Å². The molecule has 0 spiro atoms. The average molecular weight is 203 g/mol. The van der Waals surface area contributed by atoms with Gasteiger partial charge in [0, 0.05) is 13.1 Å². The minimum absolute atomic E-state index is 0.144. The number of hydrogen-bond acceptors (Lipinski definition) is 2. The molecule has 3 heteroatoms. The van der Waals surface area contributed by atoms with Gasteiger partial charge in [0.25, 0.3) is 0 Å². The van der Waals surface area contributed by atoms with E-state index >= 15 is 0 Å². The largest absolute Gasteiger partial charge is 0.341 e. The molecule has 0 bridgehead atoms. The Morgan fingerprint density at radius 1 is 1.15 bits per heavy atom. The van der Waals surface area contributed by atoms with Gasteiger partial charge in [0.15, 0.2) is 0 Å². The summed E-state index contributed by atoms with van der Waals surface area (Å²) in [4.78, 5) is 13.3. The SMILES string of the molecule is CC(C)CN(CC(C)C)C(=O)CS. The van der Waals surface area contributed by atoms with Gasteiger partial charge in [-0.1, -0.05) is 27.7 Å². The van der Waals surface area contributed by atoms with Crippen LogP contribution in [0.1, 0.15) is 27.7 Å². The summed E-state index contributed by atoms with van der Waals surface area (Å²) < 4.78 is 0. The standard InChI is InChI=1S/C10H21NOS/c1-8(2)5-11(6-9(3)4)10(12)7-13/h8-9,13H,5-7H2,1-4H3. The number of carbonyl (C=O) groups excluding carboxylic acids is 1. The predicted molar refractivity (Wildman–Crippen MR) is 60.1 cm³/mol. The Kier molecular flexibility index (Phi) is 6.21. The maximum atomic E-state index is 11.4. The summed E-state index contributed by atoms with van der Waals surface area (Å²) in [6, 6.07) is 0. The molecule has 0 fully saturated rings. The molecule has 78 valence electrons. The topological polar surface area (TPSA) is 20.3 Å². The van der Waals surface area contributed by atoms with E-state index in [-0.39, 0.29) is 5.91 Å². The Morgan fingerprint density at radius 3 is 1.77 bits per heavy atom. The molecule has 0 saturated carbocycles. The molecule has 0 aromatic rings. The zero-order valence-electron chi connectivity index (χ0n) is 9.08. The van der Waals surface area contributed by atoms with E-state index in [9.17, 15) is 4.79 Å². The molecule has 0 saturated heterocycles. The van der Waals surface area contributed by atoms with Crippen LogP contribution in [0.3, 0.4) is 0 Å². The van der Waals surface area contributed by atoms with Gasteiger partial charge in [0.05, 0.1) is 5.75 Å². The zero-order valence-corrected chi connectivity index (χ0v) is 9.97. The van der Waals surface area contributed by atoms with Gasteiger partial charge in [-0.15, -0.1) is 0 Å². The Balaban J connectivity index is 4.10. The summed E-state index contributed by atoms with van der Waals surface area (Å²) in [6.45, 7) is 10.2. The highest BCUT2D eigenvalue weighted by Gasteiger charge is 2.14. The van der Waals surface area contributed by atoms with Crippen molar-refractivity contribution in [3.05, 3.63) is 0 Å². The van der Waals surface area contributed by atoms with Crippen LogP contribution in [0.4, 0.5) is 0 Å². The van der Waals surface area contributed by atoms with Gasteiger partial charge in [-0.3, -0.25) is 4.79 Å². The van der Waals surface area contributed by atoms with E-state index in [0.717, 1.165) is 13.1 Å². The summed E-state index contributed by atoms with van der Waals surface area (Å²) >= 11 is 4.01. The van der Waals surface area contributed by atoms with E-state index < -0.39 is 0 Å². The van der Waals surface area contributed by atoms with Crippen molar-refractivity contribution in [1.82, 2.24) is 4.90 Å². The van der Waals surface area contributed by atoms with Crippen molar-refractivity contribution in [2.24, 2.45) is 11.8 Å². The second-order valence-corrected chi connectivity index (χ2v) is 4.56. The zero-order chi connectivity index (χ0) is 10.4. The van der Waals surface area contributed by atoms with E-state index in [1.54, 1.807) is 0 Å². The predicted octanol–water partition coefficient (Wildman–Crippen LogP) is 2.06. The van der Waals surface area contributed by atoms with Gasteiger partial charge in [0.2, 0.25) is 5.91 Å². The molecular formula is C10H21NOS. The highest BCUT2D eigenvalue weighted by Crippen LogP contribution is 2.04. The molecule has 0 aliphatic rings. The lowest BCUT2D eigenvalue weighted by Gasteiger charge is -2.25. The van der Waals surface area contributed by atoms with Crippen LogP contribution < -0.4 is 0 Å². The van der Waals surface area contributed by atoms with Crippen LogP contribution in [-0.4, -0.2) is 29.6 Å². The Hall–Kier alpha value is -0.180. The van der Waals surface area contributed by atoms with Crippen LogP contribution in [0, 0.1) is 11.8 Å². The molecule has 0 aromatic heterocycles. The lowest BCUT2D eigenvalue weighted by atomic mass is 10.1. The van der Waals surface area contributed by atoms with Crippen molar-refractivity contribution in [3.63, 3.8) is 0 Å². The first-order valence-corrected chi connectivity index (χ1v) is 5.49. The first kappa shape index (κ1) is 12.8. The molecule has 0 aliphatic heterocycles. The summed E-state index contributed by atoms with van der Waals surface area (Å²) in [5, 5.41) is 0. The Morgan fingerprint density at radius 2 is 1.54 bits per heavy atom. The number of thiol groups is 1. The van der Waals surface area contributed by atoms with Gasteiger partial charge >= 0.3 is 0 Å². The highest BCUT2D eigenvalue weighted by atomic mass is 32.1. The van der Waals surface area contributed by atoms with E-state index in [2.05, 4.69) is 40.3 Å². The number of amides is 1. The van der Waals surface area contributed by atoms with Crippen LogP contribution >= 0.6 is 12.6 Å². The fraction of sp³-hybridized carbons (Fsp3) is 0.900. The number of rotatable bonds is 5. The molecule has 0 N–H and O–H groups in total. The molecule has 0 heterocycles. The Labute approximate surface area is 87.1 Å². The second-order valence-electron chi connectivity index (χ2n) is 4.24. The first-order valence-electron chi connectivity index (χ1n) is 4.86. The third kappa shape index (κ3) is 5.97. The third-order valence-electron chi connectivity index (χ3n) is 1.66. The van der Waals surface area contributed by atoms with Gasteiger partial charge in [-0.25, -0.2) is 0 Å². The van der Waals surface area contributed by atoms with Crippen molar-refractivity contribution in [3.8, 4) is 0 Å². The molecule has 0 aromatic carbocycles. The highest BCUT2D eigenvalue weighted by molar-refractivity contribution is 7.81. The van der Waals surface area contributed by atoms with E-state index in [1.165, 1.54) is 0 Å². The number of carbonyl (C=O) groups is 1. The maximum absolute atomic E-state index is 11.4. The van der Waals surface area contributed by atoms with Crippen LogP contribution in [-0.2, 0) is 4.79 Å². The second kappa shape index (κ2) is 6.30. The van der Waals surface area contributed by atoms with E-state index in [1.807, 2.05) is 4.90 Å². The van der Waals surface area contributed by atoms with Crippen LogP contribution in [0.5, 0.6) is 0 Å². The van der Waals surface area contributed by atoms with Gasteiger partial charge in [-0.05, 0) is 11.8 Å². The molecule has 13 heavy (non-hydrogen) atoms. The van der Waals surface area contributed by atoms with Gasteiger partial charge in [0.1, 0.15) is 0 Å². The molecule has 0 rings (SSSR count). The normalized spacial score (nSPS) is 11.0. The molecule has 0 radical (unpaired) electrons. The minimum atomic E-state index is 0.144. The monoisotopic (exact) mass is 203 g/mol.